The van der Waals surface area contributed by atoms with Gasteiger partial charge >= 0.3 is 0 Å². The minimum atomic E-state index is -0.811. The van der Waals surface area contributed by atoms with E-state index in [4.69, 9.17) is 0 Å². The molecule has 0 spiro atoms. The van der Waals surface area contributed by atoms with Gasteiger partial charge in [-0.1, -0.05) is 60.7 Å². The molecule has 0 saturated carbocycles. The zero-order chi connectivity index (χ0) is 21.3. The van der Waals surface area contributed by atoms with Gasteiger partial charge in [0, 0.05) is 5.56 Å². The Morgan fingerprint density at radius 3 is 2.26 bits per heavy atom. The number of nitrogens with one attached hydrogen (secondary N) is 2. The van der Waals surface area contributed by atoms with Crippen LogP contribution in [0.4, 0.5) is 0 Å². The van der Waals surface area contributed by atoms with Crippen LogP contribution in [0.25, 0.3) is 21.5 Å². The van der Waals surface area contributed by atoms with Crippen LogP contribution in [0.2, 0.25) is 0 Å². The molecule has 3 heteroatoms. The highest BCUT2D eigenvalue weighted by molar-refractivity contribution is 6.06. The Balaban J connectivity index is 1.68. The van der Waals surface area contributed by atoms with Crippen LogP contribution in [0.5, 0.6) is 0 Å². The molecule has 3 nitrogen and oxygen atoms in total. The van der Waals surface area contributed by atoms with E-state index in [1.807, 2.05) is 49.5 Å². The second-order valence-electron chi connectivity index (χ2n) is 8.45. The number of carbonyl (C=O) groups is 1. The second-order valence-corrected chi connectivity index (χ2v) is 8.45. The lowest BCUT2D eigenvalue weighted by molar-refractivity contribution is 0.0733. The number of hydrogen-bond donors (Lipinski definition) is 2. The van der Waals surface area contributed by atoms with Crippen molar-refractivity contribution in [3.05, 3.63) is 96.1 Å². The third-order valence-corrected chi connectivity index (χ3v) is 6.82. The SMILES string of the molecule is CNC(C(=O)c1ccc2ccccc2c1)(c1[c]cc2ccccc2c1)C1CCNCC1. The maximum atomic E-state index is 14.3. The Labute approximate surface area is 183 Å². The Bertz CT molecular complexity index is 1240. The summed E-state index contributed by atoms with van der Waals surface area (Å²) in [6.45, 7) is 1.85. The first-order valence-corrected chi connectivity index (χ1v) is 11.1. The fourth-order valence-corrected chi connectivity index (χ4v) is 5.15. The summed E-state index contributed by atoms with van der Waals surface area (Å²) in [6, 6.07) is 30.2. The largest absolute Gasteiger partial charge is 0.317 e. The molecule has 4 aromatic rings. The Morgan fingerprint density at radius 1 is 0.903 bits per heavy atom. The van der Waals surface area contributed by atoms with Gasteiger partial charge in [0.15, 0.2) is 5.78 Å². The summed E-state index contributed by atoms with van der Waals surface area (Å²) in [6.07, 6.45) is 1.89. The molecule has 1 heterocycles. The molecule has 0 aliphatic carbocycles. The van der Waals surface area contributed by atoms with Crippen LogP contribution in [0.3, 0.4) is 0 Å². The maximum Gasteiger partial charge on any atom is 0.187 e. The lowest BCUT2D eigenvalue weighted by Crippen LogP contribution is -2.55. The molecule has 31 heavy (non-hydrogen) atoms. The standard InChI is InChI=1S/C28H27N2O/c1-29-28(25-14-16-30-17-15-25,26-13-12-21-7-3-5-9-23(21)19-26)27(31)24-11-10-20-6-2-4-8-22(20)18-24/h2-12,18-19,25,29-30H,14-17H2,1H3. The van der Waals surface area contributed by atoms with E-state index in [2.05, 4.69) is 53.1 Å². The van der Waals surface area contributed by atoms with Crippen LogP contribution in [0.1, 0.15) is 28.8 Å². The Kier molecular flexibility index (Phi) is 5.31. The molecule has 155 valence electrons. The van der Waals surface area contributed by atoms with E-state index in [1.54, 1.807) is 0 Å². The van der Waals surface area contributed by atoms with Crippen molar-refractivity contribution in [2.75, 3.05) is 20.1 Å². The molecule has 0 amide bonds. The van der Waals surface area contributed by atoms with E-state index in [0.717, 1.165) is 58.6 Å². The number of likely N-dealkylation sites (N-methyl/N-ethyl adjacent to an activating group) is 1. The molecule has 1 saturated heterocycles. The zero-order valence-electron chi connectivity index (χ0n) is 17.8. The van der Waals surface area contributed by atoms with Crippen molar-refractivity contribution in [3.63, 3.8) is 0 Å². The van der Waals surface area contributed by atoms with Crippen molar-refractivity contribution < 1.29 is 4.79 Å². The van der Waals surface area contributed by atoms with Gasteiger partial charge in [-0.05, 0) is 90.3 Å². The van der Waals surface area contributed by atoms with Gasteiger partial charge in [-0.15, -0.1) is 0 Å². The number of Topliss-reactive ketones (excluding diaryl/α,β-unsaturated/α-hetero) is 1. The van der Waals surface area contributed by atoms with Gasteiger partial charge in [-0.3, -0.25) is 4.79 Å². The highest BCUT2D eigenvalue weighted by Crippen LogP contribution is 2.39. The summed E-state index contributed by atoms with van der Waals surface area (Å²) >= 11 is 0. The van der Waals surface area contributed by atoms with Gasteiger partial charge in [0.2, 0.25) is 0 Å². The number of ketones is 1. The molecule has 2 N–H and O–H groups in total. The molecular formula is C28H27N2O. The number of hydrogen-bond acceptors (Lipinski definition) is 3. The predicted molar refractivity (Wildman–Crippen MR) is 127 cm³/mol. The van der Waals surface area contributed by atoms with Crippen molar-refractivity contribution in [2.24, 2.45) is 5.92 Å². The second kappa shape index (κ2) is 8.26. The first-order valence-electron chi connectivity index (χ1n) is 11.1. The monoisotopic (exact) mass is 407 g/mol. The van der Waals surface area contributed by atoms with Crippen LogP contribution < -0.4 is 10.6 Å². The van der Waals surface area contributed by atoms with Crippen LogP contribution in [-0.2, 0) is 5.54 Å². The third-order valence-electron chi connectivity index (χ3n) is 6.82. The molecule has 1 unspecified atom stereocenters. The molecule has 1 atom stereocenters. The van der Waals surface area contributed by atoms with Gasteiger partial charge in [-0.25, -0.2) is 0 Å². The summed E-state index contributed by atoms with van der Waals surface area (Å²) in [4.78, 5) is 14.3. The summed E-state index contributed by atoms with van der Waals surface area (Å²) in [7, 11) is 1.92. The van der Waals surface area contributed by atoms with E-state index in [0.29, 0.717) is 0 Å². The fraction of sp³-hybridized carbons (Fsp3) is 0.250. The minimum Gasteiger partial charge on any atom is -0.317 e. The average Bonchev–Trinajstić information content (AvgIpc) is 2.85. The molecule has 4 aromatic carbocycles. The van der Waals surface area contributed by atoms with Crippen molar-refractivity contribution in [3.8, 4) is 0 Å². The molecule has 1 aliphatic heterocycles. The van der Waals surface area contributed by atoms with Crippen molar-refractivity contribution >= 4 is 27.3 Å². The van der Waals surface area contributed by atoms with Gasteiger partial charge in [0.1, 0.15) is 5.54 Å². The quantitative estimate of drug-likeness (QED) is 0.453. The highest BCUT2D eigenvalue weighted by atomic mass is 16.1. The zero-order valence-corrected chi connectivity index (χ0v) is 17.8. The minimum absolute atomic E-state index is 0.124. The van der Waals surface area contributed by atoms with Gasteiger partial charge in [0.25, 0.3) is 0 Å². The molecular weight excluding hydrogens is 380 g/mol. The van der Waals surface area contributed by atoms with Gasteiger partial charge < -0.3 is 10.6 Å². The lowest BCUT2D eigenvalue weighted by atomic mass is 9.69. The van der Waals surface area contributed by atoms with Crippen LogP contribution in [-0.4, -0.2) is 25.9 Å². The number of rotatable bonds is 5. The topological polar surface area (TPSA) is 41.1 Å². The highest BCUT2D eigenvalue weighted by Gasteiger charge is 2.46. The van der Waals surface area contributed by atoms with Crippen LogP contribution in [0, 0.1) is 12.0 Å². The average molecular weight is 408 g/mol. The molecule has 1 aliphatic rings. The Hall–Kier alpha value is -3.01. The van der Waals surface area contributed by atoms with E-state index >= 15 is 0 Å². The summed E-state index contributed by atoms with van der Waals surface area (Å²) < 4.78 is 0. The number of benzene rings is 4. The van der Waals surface area contributed by atoms with Crippen LogP contribution >= 0.6 is 0 Å². The first-order chi connectivity index (χ1) is 15.2. The van der Waals surface area contributed by atoms with E-state index in [9.17, 15) is 4.79 Å². The number of carbonyl (C=O) groups excluding carboxylic acids is 1. The summed E-state index contributed by atoms with van der Waals surface area (Å²) in [5, 5.41) is 11.5. The van der Waals surface area contributed by atoms with E-state index < -0.39 is 5.54 Å². The fourth-order valence-electron chi connectivity index (χ4n) is 5.15. The normalized spacial score (nSPS) is 16.9. The number of fused-ring (bicyclic) bond motifs is 2. The van der Waals surface area contributed by atoms with Gasteiger partial charge in [-0.2, -0.15) is 0 Å². The predicted octanol–water partition coefficient (Wildman–Crippen LogP) is 5.09. The molecule has 0 aromatic heterocycles. The molecule has 0 bridgehead atoms. The summed E-state index contributed by atoms with van der Waals surface area (Å²) in [5.41, 5.74) is 0.862. The van der Waals surface area contributed by atoms with Crippen LogP contribution in [0.15, 0.2) is 78.9 Å². The molecule has 5 rings (SSSR count). The Morgan fingerprint density at radius 2 is 1.55 bits per heavy atom. The lowest BCUT2D eigenvalue weighted by Gasteiger charge is -2.42. The van der Waals surface area contributed by atoms with E-state index in [1.165, 1.54) is 0 Å². The third kappa shape index (κ3) is 3.44. The number of piperidine rings is 1. The smallest absolute Gasteiger partial charge is 0.187 e. The summed E-state index contributed by atoms with van der Waals surface area (Å²) in [5.74, 6) is 0.314. The van der Waals surface area contributed by atoms with E-state index in [-0.39, 0.29) is 11.7 Å². The van der Waals surface area contributed by atoms with Crippen molar-refractivity contribution in [1.29, 1.82) is 0 Å². The molecule has 1 fully saturated rings. The molecule has 1 radical (unpaired) electrons. The van der Waals surface area contributed by atoms with Crippen molar-refractivity contribution in [1.82, 2.24) is 10.6 Å². The first kappa shape index (κ1) is 19.9. The van der Waals surface area contributed by atoms with Gasteiger partial charge in [0.05, 0.1) is 0 Å². The van der Waals surface area contributed by atoms with Crippen molar-refractivity contribution in [2.45, 2.75) is 18.4 Å². The maximum absolute atomic E-state index is 14.3.